The maximum absolute atomic E-state index is 13.1. The number of anilines is 1. The highest BCUT2D eigenvalue weighted by molar-refractivity contribution is 7.21. The van der Waals surface area contributed by atoms with Crippen LogP contribution in [0.4, 0.5) is 5.69 Å². The van der Waals surface area contributed by atoms with Gasteiger partial charge in [0.25, 0.3) is 5.91 Å². The molecule has 0 atom stereocenters. The van der Waals surface area contributed by atoms with Crippen molar-refractivity contribution in [3.8, 4) is 11.1 Å². The van der Waals surface area contributed by atoms with Gasteiger partial charge >= 0.3 is 5.97 Å². The number of aromatic nitrogens is 1. The molecule has 2 N–H and O–H groups in total. The molecule has 1 fully saturated rings. The normalized spacial score (nSPS) is 17.2. The molecular formula is C24H25N3O3S. The van der Waals surface area contributed by atoms with Gasteiger partial charge in [0.2, 0.25) is 0 Å². The Balaban J connectivity index is 1.81. The summed E-state index contributed by atoms with van der Waals surface area (Å²) in [5.74, 6) is -0.450. The van der Waals surface area contributed by atoms with Crippen molar-refractivity contribution < 1.29 is 14.3 Å². The number of nitrogens with one attached hydrogen (secondary N) is 2. The Labute approximate surface area is 185 Å². The third-order valence-corrected chi connectivity index (χ3v) is 7.28. The van der Waals surface area contributed by atoms with Gasteiger partial charge in [-0.25, -0.2) is 9.78 Å². The van der Waals surface area contributed by atoms with E-state index in [1.54, 1.807) is 6.92 Å². The Kier molecular flexibility index (Phi) is 4.93. The summed E-state index contributed by atoms with van der Waals surface area (Å²) in [5.41, 5.74) is 3.13. The first kappa shape index (κ1) is 20.0. The van der Waals surface area contributed by atoms with E-state index in [0.29, 0.717) is 16.1 Å². The van der Waals surface area contributed by atoms with E-state index < -0.39 is 5.66 Å². The standard InChI is InChI=1S/C24H25N3O3S/c1-3-30-23(29)16-14(2)25-22-18(17(16)15-10-6-4-7-11-15)19-20(31-22)21(28)27-24(26-19)12-8-5-9-13-24/h4,6-7,10-11,26H,3,5,8-9,12-13H2,1-2H3,(H,27,28). The molecule has 6 nitrogen and oxygen atoms in total. The van der Waals surface area contributed by atoms with Crippen LogP contribution in [0.3, 0.4) is 0 Å². The zero-order valence-electron chi connectivity index (χ0n) is 17.7. The van der Waals surface area contributed by atoms with Gasteiger partial charge in [-0.1, -0.05) is 36.8 Å². The monoisotopic (exact) mass is 435 g/mol. The number of pyridine rings is 1. The minimum Gasteiger partial charge on any atom is -0.462 e. The Morgan fingerprint density at radius 1 is 1.16 bits per heavy atom. The summed E-state index contributed by atoms with van der Waals surface area (Å²) in [6.45, 7) is 3.91. The molecule has 0 bridgehead atoms. The lowest BCUT2D eigenvalue weighted by molar-refractivity contribution is 0.0526. The summed E-state index contributed by atoms with van der Waals surface area (Å²) in [7, 11) is 0. The van der Waals surface area contributed by atoms with Crippen LogP contribution < -0.4 is 10.6 Å². The van der Waals surface area contributed by atoms with Crippen molar-refractivity contribution in [2.24, 2.45) is 0 Å². The lowest BCUT2D eigenvalue weighted by Gasteiger charge is -2.42. The van der Waals surface area contributed by atoms with Gasteiger partial charge in [0, 0.05) is 10.9 Å². The number of rotatable bonds is 3. The molecule has 160 valence electrons. The fourth-order valence-electron chi connectivity index (χ4n) is 4.82. The molecule has 1 aliphatic heterocycles. The number of amides is 1. The molecule has 1 spiro atoms. The molecule has 1 aliphatic carbocycles. The molecule has 7 heteroatoms. The maximum Gasteiger partial charge on any atom is 0.340 e. The number of thiophene rings is 1. The Morgan fingerprint density at radius 2 is 1.90 bits per heavy atom. The molecule has 0 radical (unpaired) electrons. The first-order valence-electron chi connectivity index (χ1n) is 10.8. The van der Waals surface area contributed by atoms with Gasteiger partial charge in [0.1, 0.15) is 15.4 Å². The molecule has 1 aromatic carbocycles. The van der Waals surface area contributed by atoms with Gasteiger partial charge in [0.15, 0.2) is 0 Å². The summed E-state index contributed by atoms with van der Waals surface area (Å²) in [5, 5.41) is 7.73. The van der Waals surface area contributed by atoms with Crippen LogP contribution in [0.1, 0.15) is 64.8 Å². The molecule has 3 heterocycles. The van der Waals surface area contributed by atoms with Gasteiger partial charge in [-0.2, -0.15) is 0 Å². The topological polar surface area (TPSA) is 80.3 Å². The Hall–Kier alpha value is -2.93. The number of hydrogen-bond donors (Lipinski definition) is 2. The fraction of sp³-hybridized carbons (Fsp3) is 0.375. The molecule has 2 aliphatic rings. The van der Waals surface area contributed by atoms with Crippen LogP contribution in [-0.2, 0) is 4.74 Å². The van der Waals surface area contributed by atoms with E-state index in [0.717, 1.165) is 52.7 Å². The molecule has 0 unspecified atom stereocenters. The van der Waals surface area contributed by atoms with E-state index in [1.807, 2.05) is 37.3 Å². The average Bonchev–Trinajstić information content (AvgIpc) is 3.12. The zero-order valence-corrected chi connectivity index (χ0v) is 18.5. The second-order valence-corrected chi connectivity index (χ2v) is 9.24. The van der Waals surface area contributed by atoms with Crippen molar-refractivity contribution in [2.45, 2.75) is 51.6 Å². The molecule has 5 rings (SSSR count). The number of nitrogens with zero attached hydrogens (tertiary/aromatic N) is 1. The Bertz CT molecular complexity index is 1180. The first-order valence-corrected chi connectivity index (χ1v) is 11.6. The van der Waals surface area contributed by atoms with Crippen LogP contribution in [0, 0.1) is 6.92 Å². The SMILES string of the molecule is CCOC(=O)c1c(C)nc2sc3c(c2c1-c1ccccc1)NC1(CCCCC1)NC3=O. The minimum atomic E-state index is -0.431. The molecule has 1 amide bonds. The molecule has 3 aromatic rings. The van der Waals surface area contributed by atoms with Crippen LogP contribution in [0.25, 0.3) is 21.3 Å². The highest BCUT2D eigenvalue weighted by atomic mass is 32.1. The van der Waals surface area contributed by atoms with E-state index in [1.165, 1.54) is 17.8 Å². The smallest absolute Gasteiger partial charge is 0.340 e. The van der Waals surface area contributed by atoms with E-state index in [2.05, 4.69) is 10.6 Å². The van der Waals surface area contributed by atoms with Crippen LogP contribution in [0.2, 0.25) is 0 Å². The van der Waals surface area contributed by atoms with Gasteiger partial charge < -0.3 is 15.4 Å². The van der Waals surface area contributed by atoms with Crippen molar-refractivity contribution in [3.63, 3.8) is 0 Å². The predicted molar refractivity (Wildman–Crippen MR) is 123 cm³/mol. The third kappa shape index (κ3) is 3.28. The maximum atomic E-state index is 13.1. The largest absolute Gasteiger partial charge is 0.462 e. The molecule has 1 saturated carbocycles. The fourth-order valence-corrected chi connectivity index (χ4v) is 5.90. The van der Waals surface area contributed by atoms with Gasteiger partial charge in [-0.05, 0) is 45.1 Å². The number of aryl methyl sites for hydroxylation is 1. The number of carbonyl (C=O) groups excluding carboxylic acids is 2. The highest BCUT2D eigenvalue weighted by Gasteiger charge is 2.41. The van der Waals surface area contributed by atoms with Crippen molar-refractivity contribution in [1.29, 1.82) is 0 Å². The summed E-state index contributed by atoms with van der Waals surface area (Å²) in [4.78, 5) is 32.2. The van der Waals surface area contributed by atoms with Gasteiger partial charge in [-0.15, -0.1) is 11.3 Å². The number of fused-ring (bicyclic) bond motifs is 3. The second-order valence-electron chi connectivity index (χ2n) is 8.24. The number of carbonyl (C=O) groups is 2. The lowest BCUT2D eigenvalue weighted by atomic mass is 9.86. The minimum absolute atomic E-state index is 0.0620. The van der Waals surface area contributed by atoms with Crippen molar-refractivity contribution in [3.05, 3.63) is 46.5 Å². The van der Waals surface area contributed by atoms with Crippen LogP contribution in [0.5, 0.6) is 0 Å². The predicted octanol–water partition coefficient (Wildman–Crippen LogP) is 5.26. The molecule has 31 heavy (non-hydrogen) atoms. The lowest BCUT2D eigenvalue weighted by Crippen LogP contribution is -2.58. The van der Waals surface area contributed by atoms with Gasteiger partial charge in [0.05, 0.1) is 23.6 Å². The third-order valence-electron chi connectivity index (χ3n) is 6.19. The summed E-state index contributed by atoms with van der Waals surface area (Å²) >= 11 is 1.37. The summed E-state index contributed by atoms with van der Waals surface area (Å²) in [6, 6.07) is 9.83. The number of hydrogen-bond acceptors (Lipinski definition) is 6. The molecular weight excluding hydrogens is 410 g/mol. The van der Waals surface area contributed by atoms with E-state index in [4.69, 9.17) is 9.72 Å². The number of esters is 1. The van der Waals surface area contributed by atoms with Crippen LogP contribution in [-0.4, -0.2) is 29.1 Å². The summed E-state index contributed by atoms with van der Waals surface area (Å²) < 4.78 is 5.40. The van der Waals surface area contributed by atoms with Gasteiger partial charge in [-0.3, -0.25) is 4.79 Å². The molecule has 2 aromatic heterocycles. The van der Waals surface area contributed by atoms with E-state index in [-0.39, 0.29) is 18.5 Å². The van der Waals surface area contributed by atoms with Crippen molar-refractivity contribution in [1.82, 2.24) is 10.3 Å². The second kappa shape index (κ2) is 7.64. The van der Waals surface area contributed by atoms with Crippen LogP contribution >= 0.6 is 11.3 Å². The first-order chi connectivity index (χ1) is 15.0. The quantitative estimate of drug-likeness (QED) is 0.548. The van der Waals surface area contributed by atoms with Crippen molar-refractivity contribution >= 4 is 39.1 Å². The van der Waals surface area contributed by atoms with E-state index >= 15 is 0 Å². The van der Waals surface area contributed by atoms with E-state index in [9.17, 15) is 9.59 Å². The molecule has 0 saturated heterocycles. The summed E-state index contributed by atoms with van der Waals surface area (Å²) in [6.07, 6.45) is 5.10. The highest BCUT2D eigenvalue weighted by Crippen LogP contribution is 2.47. The average molecular weight is 436 g/mol. The number of benzene rings is 1. The Morgan fingerprint density at radius 3 is 2.61 bits per heavy atom. The van der Waals surface area contributed by atoms with Crippen molar-refractivity contribution in [2.75, 3.05) is 11.9 Å². The zero-order chi connectivity index (χ0) is 21.6. The number of ether oxygens (including phenoxy) is 1. The van der Waals surface area contributed by atoms with Crippen LogP contribution in [0.15, 0.2) is 30.3 Å².